The minimum Gasteiger partial charge on any atom is -0.476 e. The van der Waals surface area contributed by atoms with Crippen molar-refractivity contribution in [2.45, 2.75) is 6.92 Å². The molecule has 0 radical (unpaired) electrons. The fraction of sp³-hybridized carbons (Fsp3) is 0.100. The molecule has 1 aromatic rings. The molecule has 0 spiro atoms. The van der Waals surface area contributed by atoms with Crippen molar-refractivity contribution in [3.05, 3.63) is 41.2 Å². The molecule has 1 rings (SSSR count). The van der Waals surface area contributed by atoms with Crippen molar-refractivity contribution >= 4 is 5.97 Å². The standard InChI is InChI=1S/C10H12FN3O3/c1-5-4-6(2-3-7(5)11)17-9(14-13)8(12)10(15)16/h2-4,14H,12-13H2,1H3,(H,15,16)/b9-8+. The van der Waals surface area contributed by atoms with Crippen molar-refractivity contribution in [2.75, 3.05) is 0 Å². The summed E-state index contributed by atoms with van der Waals surface area (Å²) in [5.41, 5.74) is 7.03. The van der Waals surface area contributed by atoms with Crippen LogP contribution in [0.4, 0.5) is 4.39 Å². The summed E-state index contributed by atoms with van der Waals surface area (Å²) >= 11 is 0. The first-order valence-electron chi connectivity index (χ1n) is 4.59. The lowest BCUT2D eigenvalue weighted by molar-refractivity contribution is -0.132. The molecule has 0 heterocycles. The Hall–Kier alpha value is -2.28. The molecule has 92 valence electrons. The third-order valence-electron chi connectivity index (χ3n) is 1.96. The maximum absolute atomic E-state index is 13.0. The fourth-order valence-electron chi connectivity index (χ4n) is 1.06. The van der Waals surface area contributed by atoms with Gasteiger partial charge in [-0.05, 0) is 30.7 Å². The molecule has 7 heteroatoms. The van der Waals surface area contributed by atoms with E-state index in [9.17, 15) is 9.18 Å². The molecule has 0 fully saturated rings. The Morgan fingerprint density at radius 3 is 2.65 bits per heavy atom. The predicted octanol–water partition coefficient (Wildman–Crippen LogP) is 0.189. The van der Waals surface area contributed by atoms with Crippen LogP contribution >= 0.6 is 0 Å². The Labute approximate surface area is 96.6 Å². The van der Waals surface area contributed by atoms with Crippen LogP contribution in [0.25, 0.3) is 0 Å². The van der Waals surface area contributed by atoms with Gasteiger partial charge in [-0.15, -0.1) is 0 Å². The van der Waals surface area contributed by atoms with Gasteiger partial charge in [0.05, 0.1) is 0 Å². The molecular weight excluding hydrogens is 229 g/mol. The van der Waals surface area contributed by atoms with Gasteiger partial charge in [-0.3, -0.25) is 5.43 Å². The molecule has 0 aliphatic carbocycles. The van der Waals surface area contributed by atoms with E-state index in [1.165, 1.54) is 18.2 Å². The molecule has 0 saturated carbocycles. The summed E-state index contributed by atoms with van der Waals surface area (Å²) in [5, 5.41) is 8.64. The number of rotatable bonds is 4. The summed E-state index contributed by atoms with van der Waals surface area (Å²) in [6.45, 7) is 1.54. The van der Waals surface area contributed by atoms with Crippen LogP contribution in [0, 0.1) is 12.7 Å². The lowest BCUT2D eigenvalue weighted by Gasteiger charge is -2.11. The highest BCUT2D eigenvalue weighted by Crippen LogP contribution is 2.17. The molecule has 0 unspecified atom stereocenters. The first-order valence-corrected chi connectivity index (χ1v) is 4.59. The number of hydrazine groups is 1. The minimum absolute atomic E-state index is 0.223. The quantitative estimate of drug-likeness (QED) is 0.259. The monoisotopic (exact) mass is 241 g/mol. The number of carbonyl (C=O) groups is 1. The number of nitrogens with one attached hydrogen (secondary N) is 1. The van der Waals surface area contributed by atoms with E-state index in [4.69, 9.17) is 21.4 Å². The van der Waals surface area contributed by atoms with Crippen molar-refractivity contribution in [2.24, 2.45) is 11.6 Å². The van der Waals surface area contributed by atoms with Gasteiger partial charge in [-0.1, -0.05) is 0 Å². The summed E-state index contributed by atoms with van der Waals surface area (Å²) in [6.07, 6.45) is 0. The SMILES string of the molecule is Cc1cc(O/C(NN)=C(/N)C(=O)O)ccc1F. The molecule has 0 aromatic heterocycles. The van der Waals surface area contributed by atoms with Crippen molar-refractivity contribution in [3.63, 3.8) is 0 Å². The average Bonchev–Trinajstić information content (AvgIpc) is 2.29. The van der Waals surface area contributed by atoms with Crippen LogP contribution in [-0.2, 0) is 4.79 Å². The van der Waals surface area contributed by atoms with Gasteiger partial charge < -0.3 is 15.6 Å². The van der Waals surface area contributed by atoms with Crippen LogP contribution in [0.15, 0.2) is 29.8 Å². The van der Waals surface area contributed by atoms with Crippen molar-refractivity contribution in [1.82, 2.24) is 5.43 Å². The third kappa shape index (κ3) is 3.08. The van der Waals surface area contributed by atoms with Gasteiger partial charge in [0.25, 0.3) is 0 Å². The minimum atomic E-state index is -1.38. The number of carboxylic acids is 1. The Bertz CT molecular complexity index is 474. The normalized spacial score (nSPS) is 11.7. The van der Waals surface area contributed by atoms with Gasteiger partial charge in [-0.25, -0.2) is 15.0 Å². The Morgan fingerprint density at radius 1 is 1.53 bits per heavy atom. The van der Waals surface area contributed by atoms with Gasteiger partial charge in [0.1, 0.15) is 11.6 Å². The van der Waals surface area contributed by atoms with E-state index < -0.39 is 17.5 Å². The maximum atomic E-state index is 13.0. The van der Waals surface area contributed by atoms with E-state index in [-0.39, 0.29) is 11.6 Å². The first kappa shape index (κ1) is 12.8. The van der Waals surface area contributed by atoms with Crippen LogP contribution in [0.5, 0.6) is 5.75 Å². The number of hydrogen-bond donors (Lipinski definition) is 4. The highest BCUT2D eigenvalue weighted by Gasteiger charge is 2.12. The van der Waals surface area contributed by atoms with Crippen LogP contribution in [0.1, 0.15) is 5.56 Å². The molecule has 0 aliphatic heterocycles. The Morgan fingerprint density at radius 2 is 2.18 bits per heavy atom. The maximum Gasteiger partial charge on any atom is 0.357 e. The number of aryl methyl sites for hydroxylation is 1. The number of benzene rings is 1. The molecule has 0 aliphatic rings. The van der Waals surface area contributed by atoms with E-state index >= 15 is 0 Å². The number of hydrogen-bond acceptors (Lipinski definition) is 5. The summed E-state index contributed by atoms with van der Waals surface area (Å²) in [6, 6.07) is 3.91. The zero-order valence-electron chi connectivity index (χ0n) is 9.03. The molecule has 6 nitrogen and oxygen atoms in total. The van der Waals surface area contributed by atoms with Crippen molar-refractivity contribution in [3.8, 4) is 5.75 Å². The summed E-state index contributed by atoms with van der Waals surface area (Å²) in [5.74, 6) is 3.21. The molecule has 17 heavy (non-hydrogen) atoms. The largest absolute Gasteiger partial charge is 0.476 e. The highest BCUT2D eigenvalue weighted by molar-refractivity contribution is 5.85. The van der Waals surface area contributed by atoms with Crippen LogP contribution in [0.2, 0.25) is 0 Å². The molecule has 0 saturated heterocycles. The number of nitrogens with two attached hydrogens (primary N) is 2. The second-order valence-corrected chi connectivity index (χ2v) is 3.21. The van der Waals surface area contributed by atoms with E-state index in [0.717, 1.165) is 0 Å². The van der Waals surface area contributed by atoms with E-state index in [0.29, 0.717) is 5.56 Å². The lowest BCUT2D eigenvalue weighted by atomic mass is 10.2. The number of carboxylic acid groups (broad SMARTS) is 1. The van der Waals surface area contributed by atoms with Crippen molar-refractivity contribution < 1.29 is 19.0 Å². The highest BCUT2D eigenvalue weighted by atomic mass is 19.1. The molecular formula is C10H12FN3O3. The fourth-order valence-corrected chi connectivity index (χ4v) is 1.06. The zero-order chi connectivity index (χ0) is 13.0. The Balaban J connectivity index is 3.00. The van der Waals surface area contributed by atoms with Gasteiger partial charge in [0.2, 0.25) is 5.88 Å². The molecule has 6 N–H and O–H groups in total. The summed E-state index contributed by atoms with van der Waals surface area (Å²) in [4.78, 5) is 10.6. The second-order valence-electron chi connectivity index (χ2n) is 3.21. The Kier molecular flexibility index (Phi) is 3.89. The smallest absolute Gasteiger partial charge is 0.357 e. The van der Waals surface area contributed by atoms with Gasteiger partial charge in [-0.2, -0.15) is 0 Å². The first-order chi connectivity index (χ1) is 7.95. The topological polar surface area (TPSA) is 111 Å². The van der Waals surface area contributed by atoms with Crippen LogP contribution in [0.3, 0.4) is 0 Å². The predicted molar refractivity (Wildman–Crippen MR) is 57.9 cm³/mol. The van der Waals surface area contributed by atoms with E-state index in [2.05, 4.69) is 0 Å². The summed E-state index contributed by atoms with van der Waals surface area (Å²) in [7, 11) is 0. The van der Waals surface area contributed by atoms with Gasteiger partial charge in [0, 0.05) is 0 Å². The number of aliphatic carboxylic acids is 1. The third-order valence-corrected chi connectivity index (χ3v) is 1.96. The lowest BCUT2D eigenvalue weighted by Crippen LogP contribution is -2.31. The number of ether oxygens (including phenoxy) is 1. The molecule has 0 amide bonds. The number of halogens is 1. The van der Waals surface area contributed by atoms with E-state index in [1.807, 2.05) is 5.43 Å². The molecule has 0 bridgehead atoms. The molecule has 1 aromatic carbocycles. The van der Waals surface area contributed by atoms with E-state index in [1.54, 1.807) is 6.92 Å². The second kappa shape index (κ2) is 5.17. The van der Waals surface area contributed by atoms with Gasteiger partial charge in [0.15, 0.2) is 5.70 Å². The van der Waals surface area contributed by atoms with Gasteiger partial charge >= 0.3 is 5.97 Å². The van der Waals surface area contributed by atoms with Crippen LogP contribution < -0.4 is 21.7 Å². The van der Waals surface area contributed by atoms with Crippen LogP contribution in [-0.4, -0.2) is 11.1 Å². The summed E-state index contributed by atoms with van der Waals surface area (Å²) < 4.78 is 18.1. The van der Waals surface area contributed by atoms with Crippen molar-refractivity contribution in [1.29, 1.82) is 0 Å². The molecule has 0 atom stereocenters. The zero-order valence-corrected chi connectivity index (χ0v) is 9.03. The average molecular weight is 241 g/mol.